The number of halogens is 1. The van der Waals surface area contributed by atoms with E-state index in [-0.39, 0.29) is 11.2 Å². The molecule has 2 rings (SSSR count). The fourth-order valence-electron chi connectivity index (χ4n) is 2.07. The Morgan fingerprint density at radius 3 is 2.57 bits per heavy atom. The molecule has 1 aromatic carbocycles. The number of rotatable bonds is 2. The van der Waals surface area contributed by atoms with Crippen LogP contribution in [0.2, 0.25) is 0 Å². The summed E-state index contributed by atoms with van der Waals surface area (Å²) in [7, 11) is 0. The SMILES string of the molecule is CC1(c2ccc(C=O)cc2F)CCC1. The second-order valence-corrected chi connectivity index (χ2v) is 4.27. The number of aldehydes is 1. The van der Waals surface area contributed by atoms with Gasteiger partial charge in [0.15, 0.2) is 0 Å². The highest BCUT2D eigenvalue weighted by Gasteiger charge is 2.35. The summed E-state index contributed by atoms with van der Waals surface area (Å²) in [6.07, 6.45) is 3.94. The van der Waals surface area contributed by atoms with Gasteiger partial charge in [-0.2, -0.15) is 0 Å². The number of benzene rings is 1. The van der Waals surface area contributed by atoms with E-state index >= 15 is 0 Å². The molecule has 0 atom stereocenters. The fraction of sp³-hybridized carbons (Fsp3) is 0.417. The standard InChI is InChI=1S/C12H13FO/c1-12(5-2-6-12)10-4-3-9(8-14)7-11(10)13/h3-4,7-8H,2,5-6H2,1H3. The van der Waals surface area contributed by atoms with Crippen LogP contribution in [0, 0.1) is 5.82 Å². The van der Waals surface area contributed by atoms with Gasteiger partial charge in [0.1, 0.15) is 12.1 Å². The Balaban J connectivity index is 2.39. The number of carbonyl (C=O) groups is 1. The van der Waals surface area contributed by atoms with E-state index in [4.69, 9.17) is 0 Å². The fourth-order valence-corrected chi connectivity index (χ4v) is 2.07. The molecule has 1 saturated carbocycles. The van der Waals surface area contributed by atoms with Crippen molar-refractivity contribution in [3.63, 3.8) is 0 Å². The van der Waals surface area contributed by atoms with Crippen LogP contribution < -0.4 is 0 Å². The summed E-state index contributed by atoms with van der Waals surface area (Å²) in [4.78, 5) is 10.4. The lowest BCUT2D eigenvalue weighted by atomic mass is 9.66. The minimum Gasteiger partial charge on any atom is -0.298 e. The molecule has 0 aliphatic heterocycles. The molecule has 2 heteroatoms. The van der Waals surface area contributed by atoms with Gasteiger partial charge in [0, 0.05) is 5.56 Å². The Labute approximate surface area is 82.9 Å². The lowest BCUT2D eigenvalue weighted by Crippen LogP contribution is -2.31. The van der Waals surface area contributed by atoms with Crippen LogP contribution in [-0.2, 0) is 5.41 Å². The molecule has 1 nitrogen and oxygen atoms in total. The third-order valence-corrected chi connectivity index (χ3v) is 3.24. The molecule has 1 aliphatic rings. The average molecular weight is 192 g/mol. The maximum Gasteiger partial charge on any atom is 0.150 e. The van der Waals surface area contributed by atoms with Crippen molar-refractivity contribution < 1.29 is 9.18 Å². The van der Waals surface area contributed by atoms with E-state index in [1.54, 1.807) is 12.1 Å². The molecular formula is C12H13FO. The van der Waals surface area contributed by atoms with Crippen LogP contribution in [0.25, 0.3) is 0 Å². The summed E-state index contributed by atoms with van der Waals surface area (Å²) >= 11 is 0. The second-order valence-electron chi connectivity index (χ2n) is 4.27. The number of carbonyl (C=O) groups excluding carboxylic acids is 1. The lowest BCUT2D eigenvalue weighted by Gasteiger charge is -2.39. The van der Waals surface area contributed by atoms with Crippen molar-refractivity contribution >= 4 is 6.29 Å². The molecule has 0 unspecified atom stereocenters. The van der Waals surface area contributed by atoms with Crippen LogP contribution in [0.1, 0.15) is 42.1 Å². The van der Waals surface area contributed by atoms with Gasteiger partial charge in [-0.15, -0.1) is 0 Å². The zero-order valence-electron chi connectivity index (χ0n) is 8.22. The monoisotopic (exact) mass is 192 g/mol. The average Bonchev–Trinajstić information content (AvgIpc) is 2.14. The zero-order chi connectivity index (χ0) is 10.2. The maximum atomic E-state index is 13.6. The minimum atomic E-state index is -0.239. The molecule has 0 bridgehead atoms. The number of hydrogen-bond donors (Lipinski definition) is 0. The molecule has 0 N–H and O–H groups in total. The van der Waals surface area contributed by atoms with Crippen LogP contribution in [0.4, 0.5) is 4.39 Å². The van der Waals surface area contributed by atoms with Crippen molar-refractivity contribution in [2.75, 3.05) is 0 Å². The van der Waals surface area contributed by atoms with Crippen molar-refractivity contribution in [1.82, 2.24) is 0 Å². The quantitative estimate of drug-likeness (QED) is 0.658. The molecule has 0 heterocycles. The molecule has 1 aliphatic carbocycles. The molecule has 1 aromatic rings. The number of hydrogen-bond acceptors (Lipinski definition) is 1. The van der Waals surface area contributed by atoms with Gasteiger partial charge >= 0.3 is 0 Å². The summed E-state index contributed by atoms with van der Waals surface area (Å²) in [5.41, 5.74) is 1.18. The summed E-state index contributed by atoms with van der Waals surface area (Å²) in [6.45, 7) is 2.08. The smallest absolute Gasteiger partial charge is 0.150 e. The van der Waals surface area contributed by atoms with E-state index in [1.165, 1.54) is 12.5 Å². The highest BCUT2D eigenvalue weighted by atomic mass is 19.1. The van der Waals surface area contributed by atoms with Crippen molar-refractivity contribution in [2.45, 2.75) is 31.6 Å². The Kier molecular flexibility index (Phi) is 2.14. The van der Waals surface area contributed by atoms with Crippen molar-refractivity contribution in [1.29, 1.82) is 0 Å². The molecule has 0 saturated heterocycles. The van der Waals surface area contributed by atoms with E-state index in [0.29, 0.717) is 11.8 Å². The Morgan fingerprint density at radius 1 is 1.43 bits per heavy atom. The first kappa shape index (κ1) is 9.38. The largest absolute Gasteiger partial charge is 0.298 e. The minimum absolute atomic E-state index is 0.00545. The molecule has 0 aromatic heterocycles. The summed E-state index contributed by atoms with van der Waals surface area (Å²) < 4.78 is 13.6. The zero-order valence-corrected chi connectivity index (χ0v) is 8.22. The van der Waals surface area contributed by atoms with Crippen LogP contribution in [0.3, 0.4) is 0 Å². The van der Waals surface area contributed by atoms with Gasteiger partial charge in [0.05, 0.1) is 0 Å². The van der Waals surface area contributed by atoms with E-state index in [9.17, 15) is 9.18 Å². The summed E-state index contributed by atoms with van der Waals surface area (Å²) in [5, 5.41) is 0. The predicted molar refractivity (Wildman–Crippen MR) is 53.0 cm³/mol. The van der Waals surface area contributed by atoms with Crippen LogP contribution >= 0.6 is 0 Å². The first-order valence-electron chi connectivity index (χ1n) is 4.91. The predicted octanol–water partition coefficient (Wildman–Crippen LogP) is 3.08. The van der Waals surface area contributed by atoms with E-state index < -0.39 is 0 Å². The van der Waals surface area contributed by atoms with Gasteiger partial charge in [0.25, 0.3) is 0 Å². The highest BCUT2D eigenvalue weighted by molar-refractivity contribution is 5.74. The highest BCUT2D eigenvalue weighted by Crippen LogP contribution is 2.44. The van der Waals surface area contributed by atoms with E-state index in [2.05, 4.69) is 6.92 Å². The van der Waals surface area contributed by atoms with Gasteiger partial charge in [0.2, 0.25) is 0 Å². The normalized spacial score (nSPS) is 18.7. The van der Waals surface area contributed by atoms with E-state index in [0.717, 1.165) is 18.4 Å². The topological polar surface area (TPSA) is 17.1 Å². The first-order chi connectivity index (χ1) is 6.65. The summed E-state index contributed by atoms with van der Waals surface area (Å²) in [5.74, 6) is -0.239. The second kappa shape index (κ2) is 3.19. The van der Waals surface area contributed by atoms with Gasteiger partial charge in [-0.05, 0) is 29.9 Å². The van der Waals surface area contributed by atoms with E-state index in [1.807, 2.05) is 0 Å². The van der Waals surface area contributed by atoms with Crippen LogP contribution in [-0.4, -0.2) is 6.29 Å². The van der Waals surface area contributed by atoms with Gasteiger partial charge in [-0.25, -0.2) is 4.39 Å². The molecule has 0 spiro atoms. The van der Waals surface area contributed by atoms with Crippen molar-refractivity contribution in [3.8, 4) is 0 Å². The van der Waals surface area contributed by atoms with Gasteiger partial charge in [-0.1, -0.05) is 25.5 Å². The Hall–Kier alpha value is -1.18. The Bertz CT molecular complexity index is 367. The first-order valence-corrected chi connectivity index (χ1v) is 4.91. The third kappa shape index (κ3) is 1.35. The van der Waals surface area contributed by atoms with Gasteiger partial charge in [-0.3, -0.25) is 4.79 Å². The third-order valence-electron chi connectivity index (χ3n) is 3.24. The molecule has 74 valence electrons. The van der Waals surface area contributed by atoms with Gasteiger partial charge < -0.3 is 0 Å². The van der Waals surface area contributed by atoms with Crippen molar-refractivity contribution in [2.24, 2.45) is 0 Å². The maximum absolute atomic E-state index is 13.6. The summed E-state index contributed by atoms with van der Waals surface area (Å²) in [6, 6.07) is 4.76. The van der Waals surface area contributed by atoms with Crippen LogP contribution in [0.5, 0.6) is 0 Å². The molecular weight excluding hydrogens is 179 g/mol. The van der Waals surface area contributed by atoms with Crippen molar-refractivity contribution in [3.05, 3.63) is 35.1 Å². The molecule has 14 heavy (non-hydrogen) atoms. The molecule has 0 amide bonds. The van der Waals surface area contributed by atoms with Crippen LogP contribution in [0.15, 0.2) is 18.2 Å². The lowest BCUT2D eigenvalue weighted by molar-refractivity contribution is 0.112. The molecule has 1 fully saturated rings. The Morgan fingerprint density at radius 2 is 2.14 bits per heavy atom. The molecule has 0 radical (unpaired) electrons.